The Kier molecular flexibility index (Phi) is 3.62. The number of aryl methyl sites for hydroxylation is 1. The molecule has 17 heavy (non-hydrogen) atoms. The van der Waals surface area contributed by atoms with Crippen LogP contribution in [0.2, 0.25) is 0 Å². The molecule has 1 unspecified atom stereocenters. The third-order valence-electron chi connectivity index (χ3n) is 3.43. The fraction of sp³-hybridized carbons (Fsp3) is 0.400. The van der Waals surface area contributed by atoms with Gasteiger partial charge in [-0.2, -0.15) is 0 Å². The van der Waals surface area contributed by atoms with Crippen LogP contribution in [0.1, 0.15) is 35.2 Å². The number of carbonyl (C=O) groups excluding carboxylic acids is 1. The number of benzene rings is 1. The maximum Gasteiger partial charge on any atom is 0.166 e. The van der Waals surface area contributed by atoms with Crippen molar-refractivity contribution in [2.75, 3.05) is 7.11 Å². The summed E-state index contributed by atoms with van der Waals surface area (Å²) in [6, 6.07) is 5.75. The zero-order chi connectivity index (χ0) is 12.3. The summed E-state index contributed by atoms with van der Waals surface area (Å²) in [5, 5.41) is 0. The molecule has 0 radical (unpaired) electrons. The number of hydrogen-bond donors (Lipinski definition) is 0. The third kappa shape index (κ3) is 2.41. The average molecular weight is 230 g/mol. The van der Waals surface area contributed by atoms with Gasteiger partial charge in [0.2, 0.25) is 0 Å². The quantitative estimate of drug-likeness (QED) is 0.741. The van der Waals surface area contributed by atoms with E-state index in [-0.39, 0.29) is 11.7 Å². The highest BCUT2D eigenvalue weighted by Crippen LogP contribution is 2.30. The lowest BCUT2D eigenvalue weighted by Gasteiger charge is -2.23. The van der Waals surface area contributed by atoms with Crippen molar-refractivity contribution in [3.8, 4) is 5.75 Å². The SMILES string of the molecule is C=CCCC1CCc2cc(OC)ccc2C1=O. The van der Waals surface area contributed by atoms with Crippen LogP contribution in [0.5, 0.6) is 5.75 Å². The number of fused-ring (bicyclic) bond motifs is 1. The molecule has 1 aromatic carbocycles. The van der Waals surface area contributed by atoms with Crippen LogP contribution in [-0.2, 0) is 6.42 Å². The average Bonchev–Trinajstić information content (AvgIpc) is 2.37. The molecule has 90 valence electrons. The van der Waals surface area contributed by atoms with Gasteiger partial charge in [0.15, 0.2) is 5.78 Å². The number of methoxy groups -OCH3 is 1. The Balaban J connectivity index is 2.21. The van der Waals surface area contributed by atoms with Crippen molar-refractivity contribution < 1.29 is 9.53 Å². The zero-order valence-corrected chi connectivity index (χ0v) is 10.2. The molecule has 1 aliphatic rings. The Labute approximate surface area is 102 Å². The Bertz CT molecular complexity index is 435. The van der Waals surface area contributed by atoms with Gasteiger partial charge in [-0.05, 0) is 49.4 Å². The second kappa shape index (κ2) is 5.17. The third-order valence-corrected chi connectivity index (χ3v) is 3.43. The van der Waals surface area contributed by atoms with Crippen LogP contribution in [0.25, 0.3) is 0 Å². The van der Waals surface area contributed by atoms with Crippen molar-refractivity contribution in [3.05, 3.63) is 42.0 Å². The van der Waals surface area contributed by atoms with Gasteiger partial charge >= 0.3 is 0 Å². The summed E-state index contributed by atoms with van der Waals surface area (Å²) >= 11 is 0. The molecule has 2 nitrogen and oxygen atoms in total. The molecule has 2 rings (SSSR count). The van der Waals surface area contributed by atoms with Gasteiger partial charge in [-0.15, -0.1) is 6.58 Å². The van der Waals surface area contributed by atoms with Gasteiger partial charge < -0.3 is 4.74 Å². The van der Waals surface area contributed by atoms with Crippen LogP contribution >= 0.6 is 0 Å². The molecule has 0 bridgehead atoms. The van der Waals surface area contributed by atoms with Crippen molar-refractivity contribution >= 4 is 5.78 Å². The molecule has 1 atom stereocenters. The monoisotopic (exact) mass is 230 g/mol. The van der Waals surface area contributed by atoms with Gasteiger partial charge in [0.25, 0.3) is 0 Å². The summed E-state index contributed by atoms with van der Waals surface area (Å²) in [6.07, 6.45) is 5.65. The second-order valence-electron chi connectivity index (χ2n) is 4.49. The van der Waals surface area contributed by atoms with E-state index in [0.717, 1.165) is 42.6 Å². The Morgan fingerprint density at radius 3 is 3.06 bits per heavy atom. The number of rotatable bonds is 4. The minimum absolute atomic E-state index is 0.175. The molecule has 1 aromatic rings. The van der Waals surface area contributed by atoms with E-state index in [0.29, 0.717) is 0 Å². The van der Waals surface area contributed by atoms with Crippen LogP contribution in [0.15, 0.2) is 30.9 Å². The van der Waals surface area contributed by atoms with E-state index in [9.17, 15) is 4.79 Å². The van der Waals surface area contributed by atoms with Crippen molar-refractivity contribution in [1.29, 1.82) is 0 Å². The van der Waals surface area contributed by atoms with Crippen molar-refractivity contribution in [2.24, 2.45) is 5.92 Å². The van der Waals surface area contributed by atoms with Gasteiger partial charge in [0.1, 0.15) is 5.75 Å². The highest BCUT2D eigenvalue weighted by atomic mass is 16.5. The summed E-state index contributed by atoms with van der Waals surface area (Å²) < 4.78 is 5.18. The molecule has 0 heterocycles. The molecule has 0 fully saturated rings. The number of carbonyl (C=O) groups is 1. The van der Waals surface area contributed by atoms with Crippen molar-refractivity contribution in [2.45, 2.75) is 25.7 Å². The lowest BCUT2D eigenvalue weighted by atomic mass is 9.80. The van der Waals surface area contributed by atoms with E-state index < -0.39 is 0 Å². The summed E-state index contributed by atoms with van der Waals surface area (Å²) in [6.45, 7) is 3.71. The minimum Gasteiger partial charge on any atom is -0.497 e. The molecular formula is C15H18O2. The molecule has 2 heteroatoms. The van der Waals surface area contributed by atoms with E-state index in [2.05, 4.69) is 6.58 Å². The van der Waals surface area contributed by atoms with Crippen LogP contribution in [0.4, 0.5) is 0 Å². The van der Waals surface area contributed by atoms with E-state index in [1.54, 1.807) is 7.11 Å². The highest BCUT2D eigenvalue weighted by molar-refractivity contribution is 6.00. The number of hydrogen-bond acceptors (Lipinski definition) is 2. The molecular weight excluding hydrogens is 212 g/mol. The summed E-state index contributed by atoms with van der Waals surface area (Å²) in [5.41, 5.74) is 2.01. The Morgan fingerprint density at radius 2 is 2.35 bits per heavy atom. The molecule has 0 aliphatic heterocycles. The predicted octanol–water partition coefficient (Wildman–Crippen LogP) is 3.41. The number of allylic oxidation sites excluding steroid dienone is 1. The first-order valence-electron chi connectivity index (χ1n) is 6.08. The Morgan fingerprint density at radius 1 is 1.53 bits per heavy atom. The molecule has 0 saturated carbocycles. The second-order valence-corrected chi connectivity index (χ2v) is 4.49. The van der Waals surface area contributed by atoms with Crippen LogP contribution in [0, 0.1) is 5.92 Å². The molecule has 0 saturated heterocycles. The minimum atomic E-state index is 0.175. The molecule has 0 amide bonds. The zero-order valence-electron chi connectivity index (χ0n) is 10.2. The van der Waals surface area contributed by atoms with Gasteiger partial charge in [0.05, 0.1) is 7.11 Å². The Hall–Kier alpha value is -1.57. The highest BCUT2D eigenvalue weighted by Gasteiger charge is 2.26. The van der Waals surface area contributed by atoms with Gasteiger partial charge in [-0.3, -0.25) is 4.79 Å². The lowest BCUT2D eigenvalue weighted by Crippen LogP contribution is -2.22. The number of ketones is 1. The summed E-state index contributed by atoms with van der Waals surface area (Å²) in [5.74, 6) is 1.30. The smallest absolute Gasteiger partial charge is 0.166 e. The fourth-order valence-corrected chi connectivity index (χ4v) is 2.42. The lowest BCUT2D eigenvalue weighted by molar-refractivity contribution is 0.0895. The van der Waals surface area contributed by atoms with Crippen LogP contribution in [-0.4, -0.2) is 12.9 Å². The predicted molar refractivity (Wildman–Crippen MR) is 68.6 cm³/mol. The topological polar surface area (TPSA) is 26.3 Å². The first kappa shape index (κ1) is 11.9. The number of ether oxygens (including phenoxy) is 1. The first-order chi connectivity index (χ1) is 8.26. The number of Topliss-reactive ketones (excluding diaryl/α,β-unsaturated/α-hetero) is 1. The van der Waals surface area contributed by atoms with E-state index >= 15 is 0 Å². The van der Waals surface area contributed by atoms with E-state index in [1.165, 1.54) is 0 Å². The molecule has 1 aliphatic carbocycles. The van der Waals surface area contributed by atoms with Gasteiger partial charge in [0, 0.05) is 11.5 Å². The summed E-state index contributed by atoms with van der Waals surface area (Å²) in [7, 11) is 1.65. The van der Waals surface area contributed by atoms with Crippen LogP contribution in [0.3, 0.4) is 0 Å². The van der Waals surface area contributed by atoms with Crippen molar-refractivity contribution in [3.63, 3.8) is 0 Å². The maximum absolute atomic E-state index is 12.2. The maximum atomic E-state index is 12.2. The largest absolute Gasteiger partial charge is 0.497 e. The summed E-state index contributed by atoms with van der Waals surface area (Å²) in [4.78, 5) is 12.2. The normalized spacial score (nSPS) is 18.6. The first-order valence-corrected chi connectivity index (χ1v) is 6.08. The van der Waals surface area contributed by atoms with E-state index in [4.69, 9.17) is 4.74 Å². The van der Waals surface area contributed by atoms with Crippen molar-refractivity contribution in [1.82, 2.24) is 0 Å². The molecule has 0 N–H and O–H groups in total. The van der Waals surface area contributed by atoms with Gasteiger partial charge in [-0.1, -0.05) is 6.08 Å². The van der Waals surface area contributed by atoms with E-state index in [1.807, 2.05) is 24.3 Å². The molecule has 0 spiro atoms. The van der Waals surface area contributed by atoms with Gasteiger partial charge in [-0.25, -0.2) is 0 Å². The molecule has 0 aromatic heterocycles. The fourth-order valence-electron chi connectivity index (χ4n) is 2.42. The van der Waals surface area contributed by atoms with Crippen LogP contribution < -0.4 is 4.74 Å². The standard InChI is InChI=1S/C15H18O2/c1-3-4-5-11-6-7-12-10-13(17-2)8-9-14(12)15(11)16/h3,8-11H,1,4-7H2,2H3.